The monoisotopic (exact) mass is 253 g/mol. The Kier molecular flexibility index (Phi) is 5.95. The summed E-state index contributed by atoms with van der Waals surface area (Å²) in [6.07, 6.45) is -0.339. The Morgan fingerprint density at radius 3 is 2.67 bits per heavy atom. The van der Waals surface area contributed by atoms with E-state index in [4.69, 9.17) is 4.74 Å². The van der Waals surface area contributed by atoms with Crippen LogP contribution in [0, 0.1) is 5.92 Å². The maximum absolute atomic E-state index is 9.66. The highest BCUT2D eigenvalue weighted by Gasteiger charge is 2.08. The molecule has 18 heavy (non-hydrogen) atoms. The summed E-state index contributed by atoms with van der Waals surface area (Å²) < 4.78 is 5.32. The summed E-state index contributed by atoms with van der Waals surface area (Å²) in [5.74, 6) is 0.903. The van der Waals surface area contributed by atoms with Crippen LogP contribution in [0.25, 0.3) is 0 Å². The number of ether oxygens (including phenoxy) is 1. The minimum Gasteiger partial charge on any atom is -0.504 e. The normalized spacial score (nSPS) is 12.7. The Labute approximate surface area is 109 Å². The zero-order chi connectivity index (χ0) is 13.5. The van der Waals surface area contributed by atoms with Crippen LogP contribution in [0.3, 0.4) is 0 Å². The molecule has 1 aromatic rings. The lowest BCUT2D eigenvalue weighted by molar-refractivity contribution is 0.123. The van der Waals surface area contributed by atoms with Crippen molar-refractivity contribution in [1.29, 1.82) is 0 Å². The van der Waals surface area contributed by atoms with E-state index in [0.29, 0.717) is 25.4 Å². The lowest BCUT2D eigenvalue weighted by Crippen LogP contribution is -2.30. The number of benzene rings is 1. The fourth-order valence-corrected chi connectivity index (χ4v) is 1.54. The van der Waals surface area contributed by atoms with Gasteiger partial charge in [0.2, 0.25) is 0 Å². The minimum atomic E-state index is -0.339. The molecule has 0 aliphatic carbocycles. The van der Waals surface area contributed by atoms with E-state index >= 15 is 0 Å². The molecule has 1 atom stereocenters. The van der Waals surface area contributed by atoms with Crippen LogP contribution in [0.5, 0.6) is 11.5 Å². The van der Waals surface area contributed by atoms with Crippen molar-refractivity contribution >= 4 is 0 Å². The predicted molar refractivity (Wildman–Crippen MR) is 71.8 cm³/mol. The van der Waals surface area contributed by atoms with Gasteiger partial charge in [-0.2, -0.15) is 0 Å². The van der Waals surface area contributed by atoms with E-state index in [2.05, 4.69) is 5.32 Å². The van der Waals surface area contributed by atoms with Gasteiger partial charge in [0.1, 0.15) is 0 Å². The van der Waals surface area contributed by atoms with Gasteiger partial charge in [0.25, 0.3) is 0 Å². The standard InChI is InChI=1S/C14H23NO3/c1-4-18-14-7-11(5-6-12(14)16)8-15-9-13(17)10(2)3/h5-7,10,13,15-17H,4,8-9H2,1-3H3. The summed E-state index contributed by atoms with van der Waals surface area (Å²) in [5.41, 5.74) is 1.02. The first-order valence-corrected chi connectivity index (χ1v) is 6.38. The highest BCUT2D eigenvalue weighted by atomic mass is 16.5. The van der Waals surface area contributed by atoms with E-state index < -0.39 is 0 Å². The second-order valence-electron chi connectivity index (χ2n) is 4.68. The lowest BCUT2D eigenvalue weighted by atomic mass is 10.1. The van der Waals surface area contributed by atoms with Gasteiger partial charge in [-0.1, -0.05) is 19.9 Å². The third-order valence-electron chi connectivity index (χ3n) is 2.78. The number of aliphatic hydroxyl groups excluding tert-OH is 1. The molecule has 0 aliphatic rings. The third-order valence-corrected chi connectivity index (χ3v) is 2.78. The quantitative estimate of drug-likeness (QED) is 0.694. The molecule has 1 aromatic carbocycles. The number of aliphatic hydroxyl groups is 1. The highest BCUT2D eigenvalue weighted by Crippen LogP contribution is 2.26. The molecule has 0 saturated heterocycles. The molecule has 0 bridgehead atoms. The lowest BCUT2D eigenvalue weighted by Gasteiger charge is -2.15. The number of rotatable bonds is 7. The van der Waals surface area contributed by atoms with Crippen LogP contribution in [-0.2, 0) is 6.54 Å². The SMILES string of the molecule is CCOc1cc(CNCC(O)C(C)C)ccc1O. The first kappa shape index (κ1) is 14.8. The van der Waals surface area contributed by atoms with Crippen LogP contribution in [0.1, 0.15) is 26.3 Å². The van der Waals surface area contributed by atoms with E-state index in [1.807, 2.05) is 32.9 Å². The van der Waals surface area contributed by atoms with Gasteiger partial charge in [0.15, 0.2) is 11.5 Å². The van der Waals surface area contributed by atoms with E-state index in [1.165, 1.54) is 0 Å². The molecule has 1 unspecified atom stereocenters. The summed E-state index contributed by atoms with van der Waals surface area (Å²) in [6, 6.07) is 5.28. The average Bonchev–Trinajstić information content (AvgIpc) is 2.33. The van der Waals surface area contributed by atoms with Crippen molar-refractivity contribution < 1.29 is 14.9 Å². The van der Waals surface area contributed by atoms with Gasteiger partial charge in [-0.25, -0.2) is 0 Å². The molecule has 102 valence electrons. The first-order valence-electron chi connectivity index (χ1n) is 6.38. The fourth-order valence-electron chi connectivity index (χ4n) is 1.54. The smallest absolute Gasteiger partial charge is 0.161 e. The van der Waals surface area contributed by atoms with Gasteiger partial charge in [-0.3, -0.25) is 0 Å². The Morgan fingerprint density at radius 1 is 1.33 bits per heavy atom. The predicted octanol–water partition coefficient (Wildman–Crippen LogP) is 1.90. The van der Waals surface area contributed by atoms with Crippen molar-refractivity contribution in [1.82, 2.24) is 5.32 Å². The van der Waals surface area contributed by atoms with Gasteiger partial charge in [0.05, 0.1) is 12.7 Å². The fraction of sp³-hybridized carbons (Fsp3) is 0.571. The van der Waals surface area contributed by atoms with E-state index in [1.54, 1.807) is 6.07 Å². The van der Waals surface area contributed by atoms with Gasteiger partial charge < -0.3 is 20.3 Å². The largest absolute Gasteiger partial charge is 0.504 e. The number of phenolic OH excluding ortho intramolecular Hbond substituents is 1. The van der Waals surface area contributed by atoms with E-state index in [9.17, 15) is 10.2 Å². The molecule has 4 nitrogen and oxygen atoms in total. The Morgan fingerprint density at radius 2 is 2.06 bits per heavy atom. The number of nitrogens with one attached hydrogen (secondary N) is 1. The van der Waals surface area contributed by atoms with Crippen molar-refractivity contribution in [2.45, 2.75) is 33.4 Å². The minimum absolute atomic E-state index is 0.155. The van der Waals surface area contributed by atoms with Crippen molar-refractivity contribution in [3.8, 4) is 11.5 Å². The average molecular weight is 253 g/mol. The van der Waals surface area contributed by atoms with E-state index in [-0.39, 0.29) is 17.8 Å². The van der Waals surface area contributed by atoms with Crippen LogP contribution in [-0.4, -0.2) is 29.5 Å². The molecule has 0 aromatic heterocycles. The molecule has 4 heteroatoms. The Balaban J connectivity index is 2.50. The second-order valence-corrected chi connectivity index (χ2v) is 4.68. The molecular formula is C14H23NO3. The zero-order valence-electron chi connectivity index (χ0n) is 11.3. The van der Waals surface area contributed by atoms with E-state index in [0.717, 1.165) is 5.56 Å². The summed E-state index contributed by atoms with van der Waals surface area (Å²) in [4.78, 5) is 0. The maximum atomic E-state index is 9.66. The van der Waals surface area contributed by atoms with Crippen LogP contribution in [0.15, 0.2) is 18.2 Å². The number of hydrogen-bond acceptors (Lipinski definition) is 4. The van der Waals surface area contributed by atoms with Crippen molar-refractivity contribution in [3.63, 3.8) is 0 Å². The van der Waals surface area contributed by atoms with Crippen molar-refractivity contribution in [2.75, 3.05) is 13.2 Å². The molecule has 0 spiro atoms. The van der Waals surface area contributed by atoms with Crippen LogP contribution in [0.4, 0.5) is 0 Å². The first-order chi connectivity index (χ1) is 8.54. The summed E-state index contributed by atoms with van der Waals surface area (Å²) in [7, 11) is 0. The molecule has 1 rings (SSSR count). The molecule has 0 fully saturated rings. The van der Waals surface area contributed by atoms with Crippen molar-refractivity contribution in [3.05, 3.63) is 23.8 Å². The Bertz CT molecular complexity index is 366. The number of phenols is 1. The third kappa shape index (κ3) is 4.55. The Hall–Kier alpha value is -1.26. The molecule has 0 radical (unpaired) electrons. The van der Waals surface area contributed by atoms with Gasteiger partial charge >= 0.3 is 0 Å². The van der Waals surface area contributed by atoms with Crippen LogP contribution >= 0.6 is 0 Å². The summed E-state index contributed by atoms with van der Waals surface area (Å²) >= 11 is 0. The highest BCUT2D eigenvalue weighted by molar-refractivity contribution is 5.41. The van der Waals surface area contributed by atoms with Gasteiger partial charge in [0, 0.05) is 13.1 Å². The van der Waals surface area contributed by atoms with Crippen molar-refractivity contribution in [2.24, 2.45) is 5.92 Å². The molecule has 0 saturated carbocycles. The van der Waals surface area contributed by atoms with Crippen LogP contribution in [0.2, 0.25) is 0 Å². The molecule has 0 heterocycles. The molecule has 3 N–H and O–H groups in total. The summed E-state index contributed by atoms with van der Waals surface area (Å²) in [6.45, 7) is 7.58. The summed E-state index contributed by atoms with van der Waals surface area (Å²) in [5, 5.41) is 22.4. The number of aromatic hydroxyl groups is 1. The zero-order valence-corrected chi connectivity index (χ0v) is 11.3. The van der Waals surface area contributed by atoms with Gasteiger partial charge in [-0.05, 0) is 30.5 Å². The molecule has 0 amide bonds. The molecular weight excluding hydrogens is 230 g/mol. The second kappa shape index (κ2) is 7.24. The maximum Gasteiger partial charge on any atom is 0.161 e. The number of hydrogen-bond donors (Lipinski definition) is 3. The van der Waals surface area contributed by atoms with Crippen LogP contribution < -0.4 is 10.1 Å². The van der Waals surface area contributed by atoms with Gasteiger partial charge in [-0.15, -0.1) is 0 Å². The molecule has 0 aliphatic heterocycles. The topological polar surface area (TPSA) is 61.7 Å².